The normalized spacial score (nSPS) is 10.4. The highest BCUT2D eigenvalue weighted by atomic mass is 32.2. The number of thioether (sulfide) groups is 1. The van der Waals surface area contributed by atoms with E-state index >= 15 is 0 Å². The number of aromatic nitrogens is 2. The summed E-state index contributed by atoms with van der Waals surface area (Å²) in [5, 5.41) is 0.577. The lowest BCUT2D eigenvalue weighted by Gasteiger charge is -2.01. The number of hydrogen-bond donors (Lipinski definition) is 1. The van der Waals surface area contributed by atoms with Gasteiger partial charge in [0, 0.05) is 11.8 Å². The fourth-order valence-corrected chi connectivity index (χ4v) is 2.24. The second kappa shape index (κ2) is 5.75. The minimum Gasteiger partial charge on any atom is -0.463 e. The Balaban J connectivity index is 2.02. The van der Waals surface area contributed by atoms with Gasteiger partial charge in [-0.05, 0) is 19.1 Å². The number of carbonyl (C=O) groups excluding carboxylic acids is 1. The fraction of sp³-hybridized carbons (Fsp3) is 0.250. The van der Waals surface area contributed by atoms with Crippen LogP contribution in [0.1, 0.15) is 22.0 Å². The summed E-state index contributed by atoms with van der Waals surface area (Å²) in [6.07, 6.45) is 0. The Labute approximate surface area is 114 Å². The van der Waals surface area contributed by atoms with Gasteiger partial charge in [0.1, 0.15) is 11.6 Å². The molecule has 2 rings (SSSR count). The quantitative estimate of drug-likeness (QED) is 0.520. The molecule has 7 heteroatoms. The second-order valence-electron chi connectivity index (χ2n) is 3.76. The van der Waals surface area contributed by atoms with Crippen molar-refractivity contribution >= 4 is 23.5 Å². The Morgan fingerprint density at radius 2 is 2.26 bits per heavy atom. The third-order valence-electron chi connectivity index (χ3n) is 2.25. The fourth-order valence-electron chi connectivity index (χ4n) is 1.43. The summed E-state index contributed by atoms with van der Waals surface area (Å²) in [6.45, 7) is 1.85. The van der Waals surface area contributed by atoms with Gasteiger partial charge in [0.05, 0.1) is 12.9 Å². The molecule has 0 atom stereocenters. The van der Waals surface area contributed by atoms with Gasteiger partial charge in [0.2, 0.25) is 5.76 Å². The van der Waals surface area contributed by atoms with Crippen LogP contribution in [0.3, 0.4) is 0 Å². The minimum atomic E-state index is -0.493. The molecule has 100 valence electrons. The lowest BCUT2D eigenvalue weighted by molar-refractivity contribution is 0.0563. The van der Waals surface area contributed by atoms with Crippen molar-refractivity contribution in [1.82, 2.24) is 9.97 Å². The summed E-state index contributed by atoms with van der Waals surface area (Å²) in [4.78, 5) is 19.6. The lowest BCUT2D eigenvalue weighted by Crippen LogP contribution is -1.98. The molecule has 0 amide bonds. The molecule has 0 fully saturated rings. The van der Waals surface area contributed by atoms with Crippen LogP contribution in [0.2, 0.25) is 0 Å². The zero-order valence-electron chi connectivity index (χ0n) is 10.5. The molecule has 0 bridgehead atoms. The van der Waals surface area contributed by atoms with Crippen LogP contribution >= 0.6 is 11.8 Å². The van der Waals surface area contributed by atoms with Gasteiger partial charge < -0.3 is 14.9 Å². The van der Waals surface area contributed by atoms with Crippen molar-refractivity contribution in [1.29, 1.82) is 0 Å². The Bertz CT molecular complexity index is 577. The molecule has 0 aromatic carbocycles. The molecule has 0 unspecified atom stereocenters. The van der Waals surface area contributed by atoms with E-state index in [0.717, 1.165) is 5.69 Å². The Hall–Kier alpha value is -2.02. The van der Waals surface area contributed by atoms with Crippen molar-refractivity contribution in [3.8, 4) is 0 Å². The lowest BCUT2D eigenvalue weighted by atomic mass is 10.4. The molecule has 2 aromatic rings. The van der Waals surface area contributed by atoms with E-state index in [9.17, 15) is 4.79 Å². The van der Waals surface area contributed by atoms with Crippen molar-refractivity contribution in [2.45, 2.75) is 17.8 Å². The van der Waals surface area contributed by atoms with Crippen molar-refractivity contribution < 1.29 is 13.9 Å². The van der Waals surface area contributed by atoms with Gasteiger partial charge in [0.25, 0.3) is 0 Å². The Kier molecular flexibility index (Phi) is 4.06. The van der Waals surface area contributed by atoms with Crippen LogP contribution in [0.5, 0.6) is 0 Å². The maximum atomic E-state index is 11.2. The predicted octanol–water partition coefficient (Wildman–Crippen LogP) is 2.04. The summed E-state index contributed by atoms with van der Waals surface area (Å²) < 4.78 is 9.90. The number of esters is 1. The van der Waals surface area contributed by atoms with Crippen LogP contribution in [0.15, 0.2) is 27.8 Å². The number of nitrogens with two attached hydrogens (primary N) is 1. The van der Waals surface area contributed by atoms with Crippen LogP contribution in [0, 0.1) is 6.92 Å². The highest BCUT2D eigenvalue weighted by Crippen LogP contribution is 2.22. The predicted molar refractivity (Wildman–Crippen MR) is 70.8 cm³/mol. The van der Waals surface area contributed by atoms with Crippen molar-refractivity contribution in [3.05, 3.63) is 35.4 Å². The number of anilines is 1. The second-order valence-corrected chi connectivity index (χ2v) is 4.71. The maximum Gasteiger partial charge on any atom is 0.373 e. The Morgan fingerprint density at radius 1 is 1.47 bits per heavy atom. The number of carbonyl (C=O) groups is 1. The molecule has 19 heavy (non-hydrogen) atoms. The van der Waals surface area contributed by atoms with Gasteiger partial charge in [-0.25, -0.2) is 14.8 Å². The van der Waals surface area contributed by atoms with E-state index in [1.54, 1.807) is 18.2 Å². The third-order valence-corrected chi connectivity index (χ3v) is 3.11. The molecular formula is C12H13N3O3S. The molecule has 2 heterocycles. The third kappa shape index (κ3) is 3.47. The number of hydrogen-bond acceptors (Lipinski definition) is 7. The first-order valence-electron chi connectivity index (χ1n) is 5.49. The molecule has 6 nitrogen and oxygen atoms in total. The van der Waals surface area contributed by atoms with Crippen LogP contribution < -0.4 is 5.73 Å². The molecule has 2 aromatic heterocycles. The highest BCUT2D eigenvalue weighted by molar-refractivity contribution is 7.98. The van der Waals surface area contributed by atoms with Crippen LogP contribution in [-0.4, -0.2) is 23.0 Å². The summed E-state index contributed by atoms with van der Waals surface area (Å²) in [5.41, 5.74) is 6.45. The topological polar surface area (TPSA) is 91.2 Å². The first-order chi connectivity index (χ1) is 9.08. The zero-order chi connectivity index (χ0) is 13.8. The van der Waals surface area contributed by atoms with E-state index in [1.807, 2.05) is 6.92 Å². The van der Waals surface area contributed by atoms with E-state index in [2.05, 4.69) is 14.7 Å². The van der Waals surface area contributed by atoms with Crippen LogP contribution in [0.4, 0.5) is 5.82 Å². The molecule has 0 saturated heterocycles. The van der Waals surface area contributed by atoms with Gasteiger partial charge in [-0.3, -0.25) is 0 Å². The number of furan rings is 1. The van der Waals surface area contributed by atoms with Gasteiger partial charge in [0.15, 0.2) is 5.16 Å². The van der Waals surface area contributed by atoms with Crippen LogP contribution in [-0.2, 0) is 10.5 Å². The smallest absolute Gasteiger partial charge is 0.373 e. The molecule has 0 radical (unpaired) electrons. The number of methoxy groups -OCH3 is 1. The number of nitrogen functional groups attached to an aromatic ring is 1. The zero-order valence-corrected chi connectivity index (χ0v) is 11.4. The number of rotatable bonds is 4. The molecule has 2 N–H and O–H groups in total. The van der Waals surface area contributed by atoms with E-state index < -0.39 is 5.97 Å². The largest absolute Gasteiger partial charge is 0.463 e. The SMILES string of the molecule is COC(=O)c1ccc(CSc2nc(C)cc(N)n2)o1. The first kappa shape index (κ1) is 13.4. The average Bonchev–Trinajstić information content (AvgIpc) is 2.83. The summed E-state index contributed by atoms with van der Waals surface area (Å²) in [5.74, 6) is 1.29. The number of nitrogens with zero attached hydrogens (tertiary/aromatic N) is 2. The van der Waals surface area contributed by atoms with Crippen molar-refractivity contribution in [2.24, 2.45) is 0 Å². The molecule has 0 saturated carbocycles. The first-order valence-corrected chi connectivity index (χ1v) is 6.48. The monoisotopic (exact) mass is 279 g/mol. The summed E-state index contributed by atoms with van der Waals surface area (Å²) in [6, 6.07) is 5.00. The highest BCUT2D eigenvalue weighted by Gasteiger charge is 2.11. The van der Waals surface area contributed by atoms with Gasteiger partial charge in [-0.15, -0.1) is 0 Å². The van der Waals surface area contributed by atoms with Gasteiger partial charge in [-0.1, -0.05) is 11.8 Å². The van der Waals surface area contributed by atoms with E-state index in [0.29, 0.717) is 22.5 Å². The maximum absolute atomic E-state index is 11.2. The van der Waals surface area contributed by atoms with Crippen molar-refractivity contribution in [2.75, 3.05) is 12.8 Å². The molecule has 0 aliphatic carbocycles. The van der Waals surface area contributed by atoms with Gasteiger partial charge >= 0.3 is 5.97 Å². The number of aryl methyl sites for hydroxylation is 1. The molecular weight excluding hydrogens is 266 g/mol. The minimum absolute atomic E-state index is 0.183. The van der Waals surface area contributed by atoms with Gasteiger partial charge in [-0.2, -0.15) is 0 Å². The molecule has 0 spiro atoms. The summed E-state index contributed by atoms with van der Waals surface area (Å²) >= 11 is 1.39. The van der Waals surface area contributed by atoms with Crippen LogP contribution in [0.25, 0.3) is 0 Å². The van der Waals surface area contributed by atoms with Crippen molar-refractivity contribution in [3.63, 3.8) is 0 Å². The average molecular weight is 279 g/mol. The van der Waals surface area contributed by atoms with E-state index in [-0.39, 0.29) is 5.76 Å². The Morgan fingerprint density at radius 3 is 2.95 bits per heavy atom. The van der Waals surface area contributed by atoms with E-state index in [1.165, 1.54) is 18.9 Å². The summed E-state index contributed by atoms with van der Waals surface area (Å²) in [7, 11) is 1.31. The molecule has 0 aliphatic heterocycles. The number of ether oxygens (including phenoxy) is 1. The standard InChI is InChI=1S/C12H13N3O3S/c1-7-5-10(13)15-12(14-7)19-6-8-3-4-9(18-8)11(16)17-2/h3-5H,6H2,1-2H3,(H2,13,14,15). The molecule has 0 aliphatic rings. The van der Waals surface area contributed by atoms with E-state index in [4.69, 9.17) is 10.2 Å².